The molecule has 21 heavy (non-hydrogen) atoms. The van der Waals surface area contributed by atoms with Crippen molar-refractivity contribution in [3.8, 4) is 0 Å². The molecule has 1 atom stereocenters. The fraction of sp³-hybridized carbons (Fsp3) is 0.357. The molecule has 0 bridgehead atoms. The van der Waals surface area contributed by atoms with Crippen LogP contribution in [0.3, 0.4) is 0 Å². The Labute approximate surface area is 125 Å². The van der Waals surface area contributed by atoms with Gasteiger partial charge in [-0.25, -0.2) is 13.1 Å². The molecular weight excluding hydrogens is 288 g/mol. The van der Waals surface area contributed by atoms with Gasteiger partial charge in [-0.05, 0) is 30.7 Å². The van der Waals surface area contributed by atoms with Gasteiger partial charge >= 0.3 is 0 Å². The minimum Gasteiger partial charge on any atom is -0.324 e. The zero-order valence-corrected chi connectivity index (χ0v) is 13.0. The summed E-state index contributed by atoms with van der Waals surface area (Å²) in [6.45, 7) is 2.19. The van der Waals surface area contributed by atoms with Crippen LogP contribution in [0.15, 0.2) is 41.4 Å². The number of nitrogens with one attached hydrogen (secondary N) is 1. The van der Waals surface area contributed by atoms with Crippen LogP contribution in [-0.4, -0.2) is 24.7 Å². The standard InChI is InChI=1S/C14H20N4O2S/c1-11(15)12-3-5-14(6-4-12)21(19,20)17-10-8-13-7-9-16-18(13)2/h3-7,9,11,17H,8,10,15H2,1-2H3. The van der Waals surface area contributed by atoms with Crippen molar-refractivity contribution in [2.45, 2.75) is 24.3 Å². The summed E-state index contributed by atoms with van der Waals surface area (Å²) in [4.78, 5) is 0.247. The van der Waals surface area contributed by atoms with E-state index < -0.39 is 10.0 Å². The minimum atomic E-state index is -3.49. The van der Waals surface area contributed by atoms with Gasteiger partial charge in [0.25, 0.3) is 0 Å². The van der Waals surface area contributed by atoms with E-state index in [2.05, 4.69) is 9.82 Å². The summed E-state index contributed by atoms with van der Waals surface area (Å²) in [6.07, 6.45) is 2.28. The van der Waals surface area contributed by atoms with Crippen LogP contribution in [0.25, 0.3) is 0 Å². The van der Waals surface area contributed by atoms with Crippen LogP contribution in [0.1, 0.15) is 24.2 Å². The Hall–Kier alpha value is -1.70. The van der Waals surface area contributed by atoms with E-state index >= 15 is 0 Å². The van der Waals surface area contributed by atoms with Crippen molar-refractivity contribution < 1.29 is 8.42 Å². The summed E-state index contributed by atoms with van der Waals surface area (Å²) in [5.74, 6) is 0. The molecule has 0 aliphatic rings. The summed E-state index contributed by atoms with van der Waals surface area (Å²) in [7, 11) is -1.66. The molecule has 0 radical (unpaired) electrons. The lowest BCUT2D eigenvalue weighted by molar-refractivity contribution is 0.579. The summed E-state index contributed by atoms with van der Waals surface area (Å²) in [5.41, 5.74) is 7.63. The molecule has 2 aromatic rings. The first-order chi connectivity index (χ1) is 9.90. The molecule has 0 saturated heterocycles. The van der Waals surface area contributed by atoms with Gasteiger partial charge in [-0.2, -0.15) is 5.10 Å². The first-order valence-electron chi connectivity index (χ1n) is 6.72. The Morgan fingerprint density at radius 1 is 1.29 bits per heavy atom. The van der Waals surface area contributed by atoms with E-state index in [1.807, 2.05) is 20.0 Å². The lowest BCUT2D eigenvalue weighted by Crippen LogP contribution is -2.26. The van der Waals surface area contributed by atoms with Crippen LogP contribution < -0.4 is 10.5 Å². The Morgan fingerprint density at radius 3 is 2.48 bits per heavy atom. The van der Waals surface area contributed by atoms with Crippen molar-refractivity contribution in [2.24, 2.45) is 12.8 Å². The zero-order valence-electron chi connectivity index (χ0n) is 12.2. The molecule has 0 aliphatic carbocycles. The number of hydrogen-bond donors (Lipinski definition) is 2. The number of rotatable bonds is 6. The molecule has 2 rings (SSSR count). The number of nitrogens with zero attached hydrogens (tertiary/aromatic N) is 2. The third-order valence-corrected chi connectivity index (χ3v) is 4.79. The van der Waals surface area contributed by atoms with Crippen LogP contribution in [0.2, 0.25) is 0 Å². The topological polar surface area (TPSA) is 90.0 Å². The second kappa shape index (κ2) is 6.38. The third kappa shape index (κ3) is 3.90. The molecule has 0 saturated carbocycles. The summed E-state index contributed by atoms with van der Waals surface area (Å²) >= 11 is 0. The average Bonchev–Trinajstić information content (AvgIpc) is 2.84. The van der Waals surface area contributed by atoms with Gasteiger partial charge in [0, 0.05) is 37.9 Å². The quantitative estimate of drug-likeness (QED) is 0.831. The highest BCUT2D eigenvalue weighted by Crippen LogP contribution is 2.14. The van der Waals surface area contributed by atoms with E-state index in [1.54, 1.807) is 35.1 Å². The fourth-order valence-electron chi connectivity index (χ4n) is 1.99. The van der Waals surface area contributed by atoms with Gasteiger partial charge in [0.1, 0.15) is 0 Å². The first kappa shape index (κ1) is 15.7. The largest absolute Gasteiger partial charge is 0.324 e. The molecule has 0 aliphatic heterocycles. The maximum absolute atomic E-state index is 12.2. The van der Waals surface area contributed by atoms with Crippen molar-refractivity contribution in [2.75, 3.05) is 6.54 Å². The normalized spacial score (nSPS) is 13.3. The number of aromatic nitrogens is 2. The predicted molar refractivity (Wildman–Crippen MR) is 81.1 cm³/mol. The van der Waals surface area contributed by atoms with Crippen LogP contribution in [0.5, 0.6) is 0 Å². The van der Waals surface area contributed by atoms with Gasteiger partial charge < -0.3 is 5.73 Å². The average molecular weight is 308 g/mol. The molecule has 3 N–H and O–H groups in total. The minimum absolute atomic E-state index is 0.112. The van der Waals surface area contributed by atoms with E-state index in [1.165, 1.54) is 0 Å². The molecule has 7 heteroatoms. The highest BCUT2D eigenvalue weighted by atomic mass is 32.2. The Balaban J connectivity index is 1.99. The molecular formula is C14H20N4O2S. The van der Waals surface area contributed by atoms with Crippen molar-refractivity contribution in [1.29, 1.82) is 0 Å². The molecule has 1 unspecified atom stereocenters. The van der Waals surface area contributed by atoms with Gasteiger partial charge in [-0.1, -0.05) is 12.1 Å². The Kier molecular flexibility index (Phi) is 4.76. The fourth-order valence-corrected chi connectivity index (χ4v) is 3.03. The van der Waals surface area contributed by atoms with E-state index in [0.717, 1.165) is 11.3 Å². The number of aryl methyl sites for hydroxylation is 1. The second-order valence-electron chi connectivity index (χ2n) is 4.95. The van der Waals surface area contributed by atoms with E-state index in [0.29, 0.717) is 13.0 Å². The van der Waals surface area contributed by atoms with Gasteiger partial charge in [-0.15, -0.1) is 0 Å². The first-order valence-corrected chi connectivity index (χ1v) is 8.20. The van der Waals surface area contributed by atoms with Gasteiger partial charge in [0.15, 0.2) is 0 Å². The van der Waals surface area contributed by atoms with Crippen molar-refractivity contribution in [3.05, 3.63) is 47.8 Å². The van der Waals surface area contributed by atoms with Crippen molar-refractivity contribution in [1.82, 2.24) is 14.5 Å². The number of benzene rings is 1. The summed E-state index contributed by atoms with van der Waals surface area (Å²) in [5, 5.41) is 4.04. The summed E-state index contributed by atoms with van der Waals surface area (Å²) in [6, 6.07) is 8.38. The SMILES string of the molecule is CC(N)c1ccc(S(=O)(=O)NCCc2ccnn2C)cc1. The molecule has 1 aromatic heterocycles. The molecule has 114 valence electrons. The second-order valence-corrected chi connectivity index (χ2v) is 6.72. The van der Waals surface area contributed by atoms with Gasteiger partial charge in [-0.3, -0.25) is 4.68 Å². The van der Waals surface area contributed by atoms with Gasteiger partial charge in [0.05, 0.1) is 4.90 Å². The van der Waals surface area contributed by atoms with Crippen molar-refractivity contribution >= 4 is 10.0 Å². The molecule has 0 amide bonds. The number of hydrogen-bond acceptors (Lipinski definition) is 4. The van der Waals surface area contributed by atoms with Crippen LogP contribution >= 0.6 is 0 Å². The third-order valence-electron chi connectivity index (χ3n) is 3.31. The zero-order chi connectivity index (χ0) is 15.5. The van der Waals surface area contributed by atoms with Crippen LogP contribution in [0.4, 0.5) is 0 Å². The smallest absolute Gasteiger partial charge is 0.240 e. The summed E-state index contributed by atoms with van der Waals surface area (Å²) < 4.78 is 28.6. The van der Waals surface area contributed by atoms with E-state index in [4.69, 9.17) is 5.73 Å². The molecule has 0 spiro atoms. The highest BCUT2D eigenvalue weighted by molar-refractivity contribution is 7.89. The molecule has 1 heterocycles. The lowest BCUT2D eigenvalue weighted by Gasteiger charge is -2.09. The lowest BCUT2D eigenvalue weighted by atomic mass is 10.1. The maximum Gasteiger partial charge on any atom is 0.240 e. The number of nitrogens with two attached hydrogens (primary N) is 1. The maximum atomic E-state index is 12.2. The monoisotopic (exact) mass is 308 g/mol. The van der Waals surface area contributed by atoms with Crippen LogP contribution in [0, 0.1) is 0 Å². The van der Waals surface area contributed by atoms with Crippen molar-refractivity contribution in [3.63, 3.8) is 0 Å². The molecule has 6 nitrogen and oxygen atoms in total. The molecule has 1 aromatic carbocycles. The van der Waals surface area contributed by atoms with Gasteiger partial charge in [0.2, 0.25) is 10.0 Å². The number of sulfonamides is 1. The van der Waals surface area contributed by atoms with E-state index in [9.17, 15) is 8.42 Å². The Morgan fingerprint density at radius 2 is 1.95 bits per heavy atom. The molecule has 0 fully saturated rings. The Bertz CT molecular complexity index is 690. The predicted octanol–water partition coefficient (Wildman–Crippen LogP) is 0.961. The van der Waals surface area contributed by atoms with Crippen LogP contribution in [-0.2, 0) is 23.5 Å². The van der Waals surface area contributed by atoms with E-state index in [-0.39, 0.29) is 10.9 Å². The highest BCUT2D eigenvalue weighted by Gasteiger charge is 2.14.